The van der Waals surface area contributed by atoms with Crippen LogP contribution in [0.4, 0.5) is 10.6 Å². The molecule has 0 spiro atoms. The molecule has 8 heteroatoms. The predicted octanol–water partition coefficient (Wildman–Crippen LogP) is 3.19. The van der Waals surface area contributed by atoms with E-state index >= 15 is 0 Å². The lowest BCUT2D eigenvalue weighted by Crippen LogP contribution is -2.47. The van der Waals surface area contributed by atoms with Gasteiger partial charge in [0.2, 0.25) is 0 Å². The largest absolute Gasteiger partial charge is 0.444 e. The molecule has 0 saturated carbocycles. The average Bonchev–Trinajstić information content (AvgIpc) is 2.72. The fraction of sp³-hybridized carbons (Fsp3) is 0.696. The number of carbonyl (C=O) groups excluding carboxylic acids is 1. The summed E-state index contributed by atoms with van der Waals surface area (Å²) in [6.45, 7) is 11.6. The summed E-state index contributed by atoms with van der Waals surface area (Å²) in [4.78, 5) is 27.7. The van der Waals surface area contributed by atoms with Gasteiger partial charge in [-0.2, -0.15) is 0 Å². The third-order valence-corrected chi connectivity index (χ3v) is 5.32. The normalized spacial score (nSPS) is 15.6. The Balaban J connectivity index is 1.84. The summed E-state index contributed by atoms with van der Waals surface area (Å²) in [6, 6.07) is 6.05. The fourth-order valence-electron chi connectivity index (χ4n) is 3.61. The third kappa shape index (κ3) is 7.92. The summed E-state index contributed by atoms with van der Waals surface area (Å²) in [5, 5.41) is 3.44. The van der Waals surface area contributed by atoms with E-state index in [1.165, 1.54) is 0 Å². The molecule has 0 atom stereocenters. The van der Waals surface area contributed by atoms with Crippen molar-refractivity contribution in [3.8, 4) is 0 Å². The molecule has 1 fully saturated rings. The van der Waals surface area contributed by atoms with Crippen LogP contribution in [-0.2, 0) is 11.3 Å². The van der Waals surface area contributed by atoms with Gasteiger partial charge in [0, 0.05) is 47.3 Å². The molecule has 174 valence electrons. The summed E-state index contributed by atoms with van der Waals surface area (Å²) < 4.78 is 5.54. The molecule has 1 aliphatic heterocycles. The third-order valence-electron chi connectivity index (χ3n) is 5.32. The van der Waals surface area contributed by atoms with Gasteiger partial charge in [-0.05, 0) is 58.6 Å². The van der Waals surface area contributed by atoms with Crippen LogP contribution in [-0.4, -0.2) is 79.8 Å². The maximum Gasteiger partial charge on any atom is 0.410 e. The Morgan fingerprint density at radius 1 is 1.29 bits per heavy atom. The van der Waals surface area contributed by atoms with Gasteiger partial charge in [0.05, 0.1) is 12.2 Å². The van der Waals surface area contributed by atoms with Gasteiger partial charge in [-0.1, -0.05) is 6.07 Å². The van der Waals surface area contributed by atoms with E-state index in [0.717, 1.165) is 49.9 Å². The smallest absolute Gasteiger partial charge is 0.410 e. The van der Waals surface area contributed by atoms with Crippen molar-refractivity contribution in [1.82, 2.24) is 20.1 Å². The molecule has 0 bridgehead atoms. The highest BCUT2D eigenvalue weighted by molar-refractivity contribution is 5.79. The first-order chi connectivity index (χ1) is 14.6. The van der Waals surface area contributed by atoms with E-state index in [9.17, 15) is 4.79 Å². The first-order valence-corrected chi connectivity index (χ1v) is 11.2. The first kappa shape index (κ1) is 24.8. The molecule has 8 nitrogen and oxygen atoms in total. The number of guanidine groups is 1. The number of hydrogen-bond donors (Lipinski definition) is 1. The molecule has 1 aromatic rings. The van der Waals surface area contributed by atoms with Crippen molar-refractivity contribution in [2.75, 3.05) is 52.2 Å². The minimum absolute atomic E-state index is 0.220. The Hall–Kier alpha value is -2.51. The van der Waals surface area contributed by atoms with Gasteiger partial charge in [0.25, 0.3) is 0 Å². The molecule has 1 saturated heterocycles. The number of ether oxygens (including phenoxy) is 1. The number of aliphatic imine (C=N–C) groups is 1. The van der Waals surface area contributed by atoms with Gasteiger partial charge in [0.15, 0.2) is 5.96 Å². The Morgan fingerprint density at radius 2 is 1.97 bits per heavy atom. The molecule has 31 heavy (non-hydrogen) atoms. The number of amides is 1. The lowest BCUT2D eigenvalue weighted by molar-refractivity contribution is 0.0214. The SMILES string of the molecule is CCN(CC1CCN(C(=NC)NCc2cccc(N(C)C)n2)CC1)C(=O)OC(C)(C)C. The molecule has 0 aromatic carbocycles. The molecule has 1 amide bonds. The second kappa shape index (κ2) is 11.2. The maximum atomic E-state index is 12.4. The highest BCUT2D eigenvalue weighted by atomic mass is 16.6. The zero-order valence-electron chi connectivity index (χ0n) is 20.3. The van der Waals surface area contributed by atoms with E-state index in [4.69, 9.17) is 4.74 Å². The quantitative estimate of drug-likeness (QED) is 0.550. The first-order valence-electron chi connectivity index (χ1n) is 11.2. The molecule has 0 unspecified atom stereocenters. The van der Waals surface area contributed by atoms with Crippen LogP contribution in [0.15, 0.2) is 23.2 Å². The van der Waals surface area contributed by atoms with Crippen molar-refractivity contribution in [3.05, 3.63) is 23.9 Å². The molecule has 2 heterocycles. The number of rotatable bonds is 6. The number of piperidine rings is 1. The molecular formula is C23H40N6O2. The van der Waals surface area contributed by atoms with Gasteiger partial charge in [0.1, 0.15) is 11.4 Å². The van der Waals surface area contributed by atoms with Gasteiger partial charge in [-0.25, -0.2) is 9.78 Å². The zero-order chi connectivity index (χ0) is 23.0. The second-order valence-corrected chi connectivity index (χ2v) is 9.23. The molecular weight excluding hydrogens is 392 g/mol. The Morgan fingerprint density at radius 3 is 2.52 bits per heavy atom. The number of aromatic nitrogens is 1. The number of nitrogens with zero attached hydrogens (tertiary/aromatic N) is 5. The van der Waals surface area contributed by atoms with Gasteiger partial charge in [-0.15, -0.1) is 0 Å². The number of likely N-dealkylation sites (tertiary alicyclic amines) is 1. The lowest BCUT2D eigenvalue weighted by Gasteiger charge is -2.36. The lowest BCUT2D eigenvalue weighted by atomic mass is 9.96. The number of pyridine rings is 1. The van der Waals surface area contributed by atoms with Crippen molar-refractivity contribution >= 4 is 17.9 Å². The summed E-state index contributed by atoms with van der Waals surface area (Å²) >= 11 is 0. The van der Waals surface area contributed by atoms with Crippen LogP contribution in [0.1, 0.15) is 46.2 Å². The number of anilines is 1. The van der Waals surface area contributed by atoms with Crippen molar-refractivity contribution in [3.63, 3.8) is 0 Å². The van der Waals surface area contributed by atoms with Crippen molar-refractivity contribution < 1.29 is 9.53 Å². The topological polar surface area (TPSA) is 73.3 Å². The summed E-state index contributed by atoms with van der Waals surface area (Å²) in [7, 11) is 5.80. The molecule has 1 aromatic heterocycles. The van der Waals surface area contributed by atoms with E-state index in [1.54, 1.807) is 0 Å². The highest BCUT2D eigenvalue weighted by Gasteiger charge is 2.27. The Bertz CT molecular complexity index is 736. The zero-order valence-corrected chi connectivity index (χ0v) is 20.3. The van der Waals surface area contributed by atoms with Crippen molar-refractivity contribution in [2.45, 2.75) is 52.7 Å². The Labute approximate surface area is 187 Å². The number of carbonyl (C=O) groups is 1. The molecule has 0 radical (unpaired) electrons. The summed E-state index contributed by atoms with van der Waals surface area (Å²) in [5.41, 5.74) is 0.519. The standard InChI is InChI=1S/C23H40N6O2/c1-8-28(22(30)31-23(2,3)4)17-18-12-14-29(15-13-18)21(24-5)25-16-19-10-9-11-20(26-19)27(6)7/h9-11,18H,8,12-17H2,1-7H3,(H,24,25). The molecule has 0 aliphatic carbocycles. The summed E-state index contributed by atoms with van der Waals surface area (Å²) in [5.74, 6) is 2.32. The van der Waals surface area contributed by atoms with Crippen LogP contribution in [0.5, 0.6) is 0 Å². The Kier molecular flexibility index (Phi) is 8.95. The van der Waals surface area contributed by atoms with Crippen LogP contribution < -0.4 is 10.2 Å². The van der Waals surface area contributed by atoms with Crippen LogP contribution in [0.2, 0.25) is 0 Å². The average molecular weight is 433 g/mol. The molecule has 1 N–H and O–H groups in total. The van der Waals surface area contributed by atoms with Crippen molar-refractivity contribution in [1.29, 1.82) is 0 Å². The van der Waals surface area contributed by atoms with Gasteiger partial charge < -0.3 is 24.8 Å². The van der Waals surface area contributed by atoms with Gasteiger partial charge in [-0.3, -0.25) is 4.99 Å². The number of hydrogen-bond acceptors (Lipinski definition) is 5. The molecule has 2 rings (SSSR count). The number of nitrogens with one attached hydrogen (secondary N) is 1. The van der Waals surface area contributed by atoms with Crippen LogP contribution in [0, 0.1) is 5.92 Å². The maximum absolute atomic E-state index is 12.4. The summed E-state index contributed by atoms with van der Waals surface area (Å²) in [6.07, 6.45) is 1.82. The van der Waals surface area contributed by atoms with Gasteiger partial charge >= 0.3 is 6.09 Å². The van der Waals surface area contributed by atoms with Crippen LogP contribution >= 0.6 is 0 Å². The van der Waals surface area contributed by atoms with E-state index in [0.29, 0.717) is 19.0 Å². The monoisotopic (exact) mass is 432 g/mol. The minimum Gasteiger partial charge on any atom is -0.444 e. The minimum atomic E-state index is -0.465. The molecule has 1 aliphatic rings. The highest BCUT2D eigenvalue weighted by Crippen LogP contribution is 2.20. The fourth-order valence-corrected chi connectivity index (χ4v) is 3.61. The van der Waals surface area contributed by atoms with Crippen LogP contribution in [0.25, 0.3) is 0 Å². The second-order valence-electron chi connectivity index (χ2n) is 9.23. The van der Waals surface area contributed by atoms with Crippen molar-refractivity contribution in [2.24, 2.45) is 10.9 Å². The van der Waals surface area contributed by atoms with E-state index in [1.807, 2.05) is 76.8 Å². The van der Waals surface area contributed by atoms with E-state index in [2.05, 4.69) is 20.2 Å². The van der Waals surface area contributed by atoms with E-state index in [-0.39, 0.29) is 6.09 Å². The van der Waals surface area contributed by atoms with E-state index < -0.39 is 5.60 Å². The van der Waals surface area contributed by atoms with Crippen LogP contribution in [0.3, 0.4) is 0 Å². The predicted molar refractivity (Wildman–Crippen MR) is 127 cm³/mol.